The molecule has 1 aliphatic heterocycles. The second-order valence-electron chi connectivity index (χ2n) is 8.23. The fourth-order valence-corrected chi connectivity index (χ4v) is 5.92. The van der Waals surface area contributed by atoms with Crippen LogP contribution in [-0.2, 0) is 9.53 Å². The number of morpholine rings is 1. The molecule has 5 rings (SSSR count). The first-order valence-electron chi connectivity index (χ1n) is 8.89. The van der Waals surface area contributed by atoms with Crippen molar-refractivity contribution >= 4 is 5.91 Å². The second kappa shape index (κ2) is 5.54. The third-order valence-electron chi connectivity index (χ3n) is 6.44. The number of carbonyl (C=O) groups excluding carboxylic acids is 1. The Kier molecular flexibility index (Phi) is 3.70. The van der Waals surface area contributed by atoms with Gasteiger partial charge in [-0.1, -0.05) is 0 Å². The maximum Gasteiger partial charge on any atom is 0.275 e. The van der Waals surface area contributed by atoms with E-state index in [1.165, 1.54) is 43.4 Å². The summed E-state index contributed by atoms with van der Waals surface area (Å²) in [6.45, 7) is 5.14. The number of hydrogen-bond acceptors (Lipinski definition) is 2. The van der Waals surface area contributed by atoms with Crippen molar-refractivity contribution in [3.63, 3.8) is 0 Å². The summed E-state index contributed by atoms with van der Waals surface area (Å²) in [5.74, 6) is 3.16. The van der Waals surface area contributed by atoms with Gasteiger partial charge in [-0.2, -0.15) is 0 Å². The predicted molar refractivity (Wildman–Crippen MR) is 80.0 cm³/mol. The Labute approximate surface area is 127 Å². The van der Waals surface area contributed by atoms with Gasteiger partial charge >= 0.3 is 0 Å². The molecule has 4 heteroatoms. The SMILES string of the molecule is O=C(C[NH+]1CCOCC1)NCC12CC3CC(CC(C3)C1)C2. The smallest absolute Gasteiger partial charge is 0.275 e. The molecule has 0 unspecified atom stereocenters. The number of quaternary nitrogens is 1. The summed E-state index contributed by atoms with van der Waals surface area (Å²) in [6, 6.07) is 0. The number of rotatable bonds is 4. The van der Waals surface area contributed by atoms with Gasteiger partial charge in [-0.15, -0.1) is 0 Å². The van der Waals surface area contributed by atoms with Gasteiger partial charge in [0, 0.05) is 6.54 Å². The fraction of sp³-hybridized carbons (Fsp3) is 0.941. The molecule has 21 heavy (non-hydrogen) atoms. The summed E-state index contributed by atoms with van der Waals surface area (Å²) < 4.78 is 5.35. The van der Waals surface area contributed by atoms with Crippen molar-refractivity contribution in [1.29, 1.82) is 0 Å². The molecule has 118 valence electrons. The highest BCUT2D eigenvalue weighted by atomic mass is 16.5. The Morgan fingerprint density at radius 3 is 2.19 bits per heavy atom. The molecule has 0 radical (unpaired) electrons. The minimum atomic E-state index is 0.252. The largest absolute Gasteiger partial charge is 0.370 e. The quantitative estimate of drug-likeness (QED) is 0.779. The van der Waals surface area contributed by atoms with E-state index in [2.05, 4.69) is 5.32 Å². The van der Waals surface area contributed by atoms with E-state index < -0.39 is 0 Å². The Bertz CT molecular complexity index is 368. The van der Waals surface area contributed by atoms with Gasteiger partial charge in [0.2, 0.25) is 0 Å². The van der Waals surface area contributed by atoms with Gasteiger partial charge in [-0.05, 0) is 61.7 Å². The lowest BCUT2D eigenvalue weighted by molar-refractivity contribution is -0.900. The van der Waals surface area contributed by atoms with Crippen LogP contribution in [0.2, 0.25) is 0 Å². The third-order valence-corrected chi connectivity index (χ3v) is 6.44. The van der Waals surface area contributed by atoms with Gasteiger partial charge in [-0.3, -0.25) is 4.79 Å². The normalized spacial score (nSPS) is 42.2. The first-order valence-corrected chi connectivity index (χ1v) is 8.89. The zero-order chi connectivity index (χ0) is 14.3. The van der Waals surface area contributed by atoms with Crippen molar-refractivity contribution in [2.24, 2.45) is 23.2 Å². The second-order valence-corrected chi connectivity index (χ2v) is 8.23. The first kappa shape index (κ1) is 14.0. The zero-order valence-corrected chi connectivity index (χ0v) is 13.0. The molecular weight excluding hydrogens is 264 g/mol. The number of nitrogens with one attached hydrogen (secondary N) is 2. The minimum absolute atomic E-state index is 0.252. The van der Waals surface area contributed by atoms with Crippen molar-refractivity contribution in [3.05, 3.63) is 0 Å². The van der Waals surface area contributed by atoms with Crippen LogP contribution < -0.4 is 10.2 Å². The number of hydrogen-bond donors (Lipinski definition) is 2. The highest BCUT2D eigenvalue weighted by Gasteiger charge is 2.50. The van der Waals surface area contributed by atoms with Crippen molar-refractivity contribution in [2.45, 2.75) is 38.5 Å². The fourth-order valence-electron chi connectivity index (χ4n) is 5.92. The van der Waals surface area contributed by atoms with Crippen molar-refractivity contribution in [3.8, 4) is 0 Å². The molecule has 0 aromatic rings. The van der Waals surface area contributed by atoms with Gasteiger partial charge in [0.25, 0.3) is 5.91 Å². The summed E-state index contributed by atoms with van der Waals surface area (Å²) in [7, 11) is 0. The third kappa shape index (κ3) is 2.98. The molecule has 4 bridgehead atoms. The van der Waals surface area contributed by atoms with E-state index in [4.69, 9.17) is 4.74 Å². The lowest BCUT2D eigenvalue weighted by Gasteiger charge is -2.56. The van der Waals surface area contributed by atoms with Crippen LogP contribution in [0.15, 0.2) is 0 Å². The number of ether oxygens (including phenoxy) is 1. The Morgan fingerprint density at radius 2 is 1.62 bits per heavy atom. The number of carbonyl (C=O) groups is 1. The molecule has 4 saturated carbocycles. The molecule has 1 amide bonds. The van der Waals surface area contributed by atoms with Gasteiger partial charge in [0.05, 0.1) is 13.2 Å². The zero-order valence-electron chi connectivity index (χ0n) is 13.0. The Morgan fingerprint density at radius 1 is 1.05 bits per heavy atom. The van der Waals surface area contributed by atoms with E-state index in [0.717, 1.165) is 50.6 Å². The molecule has 5 aliphatic rings. The molecule has 2 N–H and O–H groups in total. The summed E-state index contributed by atoms with van der Waals surface area (Å²) in [5.41, 5.74) is 0.463. The van der Waals surface area contributed by atoms with Crippen LogP contribution in [0.5, 0.6) is 0 Å². The molecule has 4 nitrogen and oxygen atoms in total. The van der Waals surface area contributed by atoms with Crippen molar-refractivity contribution in [1.82, 2.24) is 5.32 Å². The summed E-state index contributed by atoms with van der Waals surface area (Å²) in [4.78, 5) is 13.6. The topological polar surface area (TPSA) is 42.8 Å². The molecule has 1 saturated heterocycles. The maximum atomic E-state index is 12.2. The monoisotopic (exact) mass is 293 g/mol. The van der Waals surface area contributed by atoms with E-state index in [1.54, 1.807) is 0 Å². The van der Waals surface area contributed by atoms with Crippen molar-refractivity contribution < 1.29 is 14.4 Å². The molecule has 0 spiro atoms. The van der Waals surface area contributed by atoms with Crippen LogP contribution in [0, 0.1) is 23.2 Å². The van der Waals surface area contributed by atoms with Crippen molar-refractivity contribution in [2.75, 3.05) is 39.4 Å². The van der Waals surface area contributed by atoms with E-state index >= 15 is 0 Å². The molecule has 0 atom stereocenters. The highest BCUT2D eigenvalue weighted by molar-refractivity contribution is 5.76. The van der Waals surface area contributed by atoms with Crippen LogP contribution in [-0.4, -0.2) is 45.3 Å². The van der Waals surface area contributed by atoms with E-state index in [9.17, 15) is 4.79 Å². The molecule has 4 aliphatic carbocycles. The molecular formula is C17H29N2O2+. The summed E-state index contributed by atoms with van der Waals surface area (Å²) >= 11 is 0. The standard InChI is InChI=1S/C17H28N2O2/c20-16(11-19-1-3-21-4-2-19)18-12-17-8-13-5-14(9-17)7-15(6-13)10-17/h13-15H,1-12H2,(H,18,20)/p+1. The molecule has 1 heterocycles. The van der Waals surface area contributed by atoms with Crippen LogP contribution in [0.1, 0.15) is 38.5 Å². The summed E-state index contributed by atoms with van der Waals surface area (Å²) in [5, 5.41) is 3.29. The lowest BCUT2D eigenvalue weighted by atomic mass is 9.49. The average molecular weight is 293 g/mol. The molecule has 5 fully saturated rings. The number of amides is 1. The first-order chi connectivity index (χ1) is 10.2. The van der Waals surface area contributed by atoms with E-state index in [-0.39, 0.29) is 5.91 Å². The maximum absolute atomic E-state index is 12.2. The van der Waals surface area contributed by atoms with Gasteiger partial charge in [-0.25, -0.2) is 0 Å². The molecule has 0 aromatic carbocycles. The van der Waals surface area contributed by atoms with E-state index in [1.807, 2.05) is 0 Å². The van der Waals surface area contributed by atoms with Gasteiger partial charge in [0.1, 0.15) is 13.1 Å². The van der Waals surface area contributed by atoms with E-state index in [0.29, 0.717) is 12.0 Å². The van der Waals surface area contributed by atoms with Gasteiger partial charge < -0.3 is 15.0 Å². The lowest BCUT2D eigenvalue weighted by Crippen LogP contribution is -3.15. The summed E-state index contributed by atoms with van der Waals surface area (Å²) in [6.07, 6.45) is 8.57. The van der Waals surface area contributed by atoms with Crippen LogP contribution in [0.3, 0.4) is 0 Å². The predicted octanol–water partition coefficient (Wildman–Crippen LogP) is 0.234. The Hall–Kier alpha value is -0.610. The van der Waals surface area contributed by atoms with Crippen LogP contribution in [0.4, 0.5) is 0 Å². The van der Waals surface area contributed by atoms with Gasteiger partial charge in [0.15, 0.2) is 6.54 Å². The Balaban J connectivity index is 1.29. The highest BCUT2D eigenvalue weighted by Crippen LogP contribution is 2.59. The molecule has 0 aromatic heterocycles. The minimum Gasteiger partial charge on any atom is -0.370 e. The van der Waals surface area contributed by atoms with Crippen LogP contribution in [0.25, 0.3) is 0 Å². The average Bonchev–Trinajstić information content (AvgIpc) is 2.45. The van der Waals surface area contributed by atoms with Crippen LogP contribution >= 0.6 is 0 Å².